The summed E-state index contributed by atoms with van der Waals surface area (Å²) in [4.78, 5) is 13.0. The van der Waals surface area contributed by atoms with E-state index in [0.29, 0.717) is 23.3 Å². The van der Waals surface area contributed by atoms with Gasteiger partial charge >= 0.3 is 0 Å². The largest absolute Gasteiger partial charge is 0.508 e. The molecular weight excluding hydrogens is 408 g/mol. The fourth-order valence-corrected chi connectivity index (χ4v) is 3.95. The molecule has 0 spiro atoms. The average Bonchev–Trinajstić information content (AvgIpc) is 2.72. The summed E-state index contributed by atoms with van der Waals surface area (Å²) >= 11 is 0. The molecule has 32 heavy (non-hydrogen) atoms. The molecule has 3 rings (SSSR count). The van der Waals surface area contributed by atoms with Crippen LogP contribution in [0.1, 0.15) is 61.2 Å². The maximum Gasteiger partial charge on any atom is 0.174 e. The van der Waals surface area contributed by atoms with Crippen LogP contribution in [0, 0.1) is 5.92 Å². The number of ether oxygens (including phenoxy) is 2. The number of hydrogen-bond donors (Lipinski definition) is 3. The van der Waals surface area contributed by atoms with Crippen molar-refractivity contribution in [1.29, 1.82) is 0 Å². The SMILES string of the molecule is C=C(C)[C@@H](CC=C(C)C)Cc1c(OC)cc(O)c2c1O[C@@H](c1cc(O)ccc1O)CC2=O. The Balaban J connectivity index is 2.11. The average molecular weight is 439 g/mol. The van der Waals surface area contributed by atoms with Crippen molar-refractivity contribution in [3.63, 3.8) is 0 Å². The van der Waals surface area contributed by atoms with Crippen molar-refractivity contribution in [3.05, 3.63) is 64.8 Å². The van der Waals surface area contributed by atoms with Crippen molar-refractivity contribution >= 4 is 5.78 Å². The molecule has 2 aromatic rings. The number of phenolic OH excluding ortho intramolecular Hbond substituents is 3. The molecule has 0 radical (unpaired) electrons. The van der Waals surface area contributed by atoms with E-state index in [0.717, 1.165) is 12.0 Å². The van der Waals surface area contributed by atoms with Crippen molar-refractivity contribution in [3.8, 4) is 28.7 Å². The maximum atomic E-state index is 13.0. The summed E-state index contributed by atoms with van der Waals surface area (Å²) in [5.41, 5.74) is 3.25. The Hall–Kier alpha value is -3.41. The molecule has 3 N–H and O–H groups in total. The van der Waals surface area contributed by atoms with Gasteiger partial charge in [0.15, 0.2) is 5.78 Å². The number of aromatic hydroxyl groups is 3. The molecule has 0 bridgehead atoms. The molecule has 0 saturated carbocycles. The fraction of sp³-hybridized carbons (Fsp3) is 0.346. The van der Waals surface area contributed by atoms with E-state index in [9.17, 15) is 20.1 Å². The van der Waals surface area contributed by atoms with Crippen LogP contribution in [-0.2, 0) is 6.42 Å². The van der Waals surface area contributed by atoms with E-state index in [1.165, 1.54) is 36.9 Å². The minimum Gasteiger partial charge on any atom is -0.508 e. The van der Waals surface area contributed by atoms with Crippen LogP contribution >= 0.6 is 0 Å². The molecule has 1 heterocycles. The van der Waals surface area contributed by atoms with Gasteiger partial charge in [-0.2, -0.15) is 0 Å². The van der Waals surface area contributed by atoms with Crippen LogP contribution in [0.15, 0.2) is 48.1 Å². The molecule has 6 nitrogen and oxygen atoms in total. The van der Waals surface area contributed by atoms with Crippen molar-refractivity contribution in [1.82, 2.24) is 0 Å². The highest BCUT2D eigenvalue weighted by molar-refractivity contribution is 6.03. The van der Waals surface area contributed by atoms with Gasteiger partial charge in [-0.3, -0.25) is 4.79 Å². The van der Waals surface area contributed by atoms with Gasteiger partial charge < -0.3 is 24.8 Å². The van der Waals surface area contributed by atoms with Crippen LogP contribution in [0.3, 0.4) is 0 Å². The number of fused-ring (bicyclic) bond motifs is 1. The highest BCUT2D eigenvalue weighted by Gasteiger charge is 2.35. The number of phenols is 3. The highest BCUT2D eigenvalue weighted by Crippen LogP contribution is 2.48. The zero-order valence-corrected chi connectivity index (χ0v) is 18.9. The quantitative estimate of drug-likeness (QED) is 0.384. The number of allylic oxidation sites excluding steroid dienone is 3. The van der Waals surface area contributed by atoms with Crippen LogP contribution in [0.2, 0.25) is 0 Å². The maximum absolute atomic E-state index is 13.0. The highest BCUT2D eigenvalue weighted by atomic mass is 16.5. The van der Waals surface area contributed by atoms with Gasteiger partial charge in [0.1, 0.15) is 40.4 Å². The molecule has 2 atom stereocenters. The third kappa shape index (κ3) is 4.74. The number of carbonyl (C=O) groups is 1. The Morgan fingerprint density at radius 2 is 1.94 bits per heavy atom. The number of Topliss-reactive ketones (excluding diaryl/α,β-unsaturated/α-hetero) is 1. The van der Waals surface area contributed by atoms with Gasteiger partial charge in [0, 0.05) is 17.2 Å². The van der Waals surface area contributed by atoms with Crippen LogP contribution < -0.4 is 9.47 Å². The Bertz CT molecular complexity index is 1080. The first-order valence-electron chi connectivity index (χ1n) is 10.6. The molecule has 1 aliphatic rings. The second-order valence-electron chi connectivity index (χ2n) is 8.52. The summed E-state index contributed by atoms with van der Waals surface area (Å²) in [6.07, 6.45) is 2.51. The van der Waals surface area contributed by atoms with Gasteiger partial charge in [-0.05, 0) is 57.7 Å². The zero-order valence-electron chi connectivity index (χ0n) is 18.9. The van der Waals surface area contributed by atoms with E-state index in [4.69, 9.17) is 9.47 Å². The molecule has 2 aromatic carbocycles. The van der Waals surface area contributed by atoms with Gasteiger partial charge in [0.05, 0.1) is 13.5 Å². The summed E-state index contributed by atoms with van der Waals surface area (Å²) in [6.45, 7) is 10.2. The number of hydrogen-bond acceptors (Lipinski definition) is 6. The molecular formula is C26H30O6. The van der Waals surface area contributed by atoms with E-state index in [1.807, 2.05) is 20.8 Å². The standard InChI is InChI=1S/C26H30O6/c1-14(2)6-7-16(15(3)4)10-19-23(31-5)12-21(29)25-22(30)13-24(32-26(19)25)18-11-17(27)8-9-20(18)28/h6,8-9,11-12,16,24,27-29H,3,7,10,13H2,1-2,4-5H3/t16-,24+/m0/s1. The number of benzene rings is 2. The number of ketones is 1. The summed E-state index contributed by atoms with van der Waals surface area (Å²) in [5.74, 6) is 0.0868. The molecule has 0 unspecified atom stereocenters. The van der Waals surface area contributed by atoms with Crippen LogP contribution in [-0.4, -0.2) is 28.2 Å². The minimum absolute atomic E-state index is 0.0440. The second kappa shape index (κ2) is 9.39. The molecule has 170 valence electrons. The lowest BCUT2D eigenvalue weighted by atomic mass is 9.86. The molecule has 0 fully saturated rings. The molecule has 1 aliphatic heterocycles. The lowest BCUT2D eigenvalue weighted by molar-refractivity contribution is 0.0838. The van der Waals surface area contributed by atoms with Gasteiger partial charge in [-0.1, -0.05) is 23.8 Å². The Morgan fingerprint density at radius 1 is 1.22 bits per heavy atom. The Labute approximate surface area is 188 Å². The van der Waals surface area contributed by atoms with Crippen molar-refractivity contribution in [2.45, 2.75) is 46.1 Å². The lowest BCUT2D eigenvalue weighted by Gasteiger charge is -2.30. The summed E-state index contributed by atoms with van der Waals surface area (Å²) < 4.78 is 11.7. The van der Waals surface area contributed by atoms with Gasteiger partial charge in [0.2, 0.25) is 0 Å². The first-order valence-corrected chi connectivity index (χ1v) is 10.6. The van der Waals surface area contributed by atoms with Gasteiger partial charge in [-0.15, -0.1) is 0 Å². The van der Waals surface area contributed by atoms with Crippen LogP contribution in [0.25, 0.3) is 0 Å². The van der Waals surface area contributed by atoms with Crippen LogP contribution in [0.4, 0.5) is 0 Å². The van der Waals surface area contributed by atoms with Crippen molar-refractivity contribution in [2.75, 3.05) is 7.11 Å². The van der Waals surface area contributed by atoms with Crippen molar-refractivity contribution < 1.29 is 29.6 Å². The zero-order chi connectivity index (χ0) is 23.6. The normalized spacial score (nSPS) is 16.0. The Kier molecular flexibility index (Phi) is 6.82. The predicted molar refractivity (Wildman–Crippen MR) is 123 cm³/mol. The number of rotatable bonds is 7. The van der Waals surface area contributed by atoms with E-state index >= 15 is 0 Å². The van der Waals surface area contributed by atoms with Gasteiger partial charge in [-0.25, -0.2) is 0 Å². The summed E-state index contributed by atoms with van der Waals surface area (Å²) in [7, 11) is 1.50. The third-order valence-electron chi connectivity index (χ3n) is 5.77. The second-order valence-corrected chi connectivity index (χ2v) is 8.52. The van der Waals surface area contributed by atoms with Crippen LogP contribution in [0.5, 0.6) is 28.7 Å². The van der Waals surface area contributed by atoms with E-state index in [1.54, 1.807) is 0 Å². The topological polar surface area (TPSA) is 96.2 Å². The smallest absolute Gasteiger partial charge is 0.174 e. The van der Waals surface area contributed by atoms with E-state index in [2.05, 4.69) is 12.7 Å². The first-order chi connectivity index (χ1) is 15.1. The monoisotopic (exact) mass is 438 g/mol. The molecule has 0 aromatic heterocycles. The Morgan fingerprint density at radius 3 is 2.56 bits per heavy atom. The summed E-state index contributed by atoms with van der Waals surface area (Å²) in [6, 6.07) is 5.54. The predicted octanol–water partition coefficient (Wildman–Crippen LogP) is 5.61. The van der Waals surface area contributed by atoms with E-state index in [-0.39, 0.29) is 46.7 Å². The fourth-order valence-electron chi connectivity index (χ4n) is 3.95. The number of carbonyl (C=O) groups excluding carboxylic acids is 1. The third-order valence-corrected chi connectivity index (χ3v) is 5.77. The van der Waals surface area contributed by atoms with Crippen molar-refractivity contribution in [2.24, 2.45) is 5.92 Å². The molecule has 0 amide bonds. The number of methoxy groups -OCH3 is 1. The molecule has 0 saturated heterocycles. The lowest BCUT2D eigenvalue weighted by Crippen LogP contribution is -2.23. The summed E-state index contributed by atoms with van der Waals surface area (Å²) in [5, 5.41) is 30.7. The van der Waals surface area contributed by atoms with E-state index < -0.39 is 6.10 Å². The first kappa shape index (κ1) is 23.3. The van der Waals surface area contributed by atoms with Gasteiger partial charge in [0.25, 0.3) is 0 Å². The molecule has 6 heteroatoms. The minimum atomic E-state index is -0.812. The molecule has 0 aliphatic carbocycles.